The SMILES string of the molecule is CCOC(=O)c1c(-c2cccnc2OC)c2cc(OS(=O)(=O)C(F)(F)F)ccc2n1Cc1cc(F)ccc1F. The number of fused-ring (bicyclic) bond motifs is 1. The van der Waals surface area contributed by atoms with Crippen LogP contribution >= 0.6 is 0 Å². The third kappa shape index (κ3) is 5.37. The van der Waals surface area contributed by atoms with Gasteiger partial charge in [-0.1, -0.05) is 0 Å². The number of halogens is 5. The van der Waals surface area contributed by atoms with Crippen LogP contribution in [0.1, 0.15) is 23.0 Å². The summed E-state index contributed by atoms with van der Waals surface area (Å²) >= 11 is 0. The summed E-state index contributed by atoms with van der Waals surface area (Å²) in [5.41, 5.74) is -5.70. The number of benzene rings is 2. The van der Waals surface area contributed by atoms with Crippen molar-refractivity contribution in [1.82, 2.24) is 9.55 Å². The van der Waals surface area contributed by atoms with Crippen LogP contribution in [0.5, 0.6) is 11.6 Å². The fourth-order valence-corrected chi connectivity index (χ4v) is 4.44. The summed E-state index contributed by atoms with van der Waals surface area (Å²) in [4.78, 5) is 17.4. The van der Waals surface area contributed by atoms with Gasteiger partial charge in [0.25, 0.3) is 0 Å². The Kier molecular flexibility index (Phi) is 7.50. The number of hydrogen-bond acceptors (Lipinski definition) is 7. The molecule has 0 fully saturated rings. The van der Waals surface area contributed by atoms with Crippen molar-refractivity contribution in [2.24, 2.45) is 0 Å². The minimum Gasteiger partial charge on any atom is -0.481 e. The lowest BCUT2D eigenvalue weighted by atomic mass is 10.0. The summed E-state index contributed by atoms with van der Waals surface area (Å²) < 4.78 is 107. The van der Waals surface area contributed by atoms with Crippen LogP contribution in [0.25, 0.3) is 22.0 Å². The van der Waals surface area contributed by atoms with Crippen molar-refractivity contribution in [2.45, 2.75) is 19.0 Å². The van der Waals surface area contributed by atoms with E-state index in [0.29, 0.717) is 0 Å². The molecule has 4 rings (SSSR count). The maximum atomic E-state index is 14.6. The zero-order chi connectivity index (χ0) is 28.5. The first kappa shape index (κ1) is 27.8. The topological polar surface area (TPSA) is 96.7 Å². The number of carbonyl (C=O) groups is 1. The fraction of sp³-hybridized carbons (Fsp3) is 0.200. The van der Waals surface area contributed by atoms with Gasteiger partial charge in [-0.2, -0.15) is 21.6 Å². The molecule has 0 saturated carbocycles. The van der Waals surface area contributed by atoms with E-state index in [2.05, 4.69) is 9.17 Å². The molecule has 39 heavy (non-hydrogen) atoms. The highest BCUT2D eigenvalue weighted by Gasteiger charge is 2.48. The lowest BCUT2D eigenvalue weighted by molar-refractivity contribution is -0.0500. The quantitative estimate of drug-likeness (QED) is 0.120. The average molecular weight is 570 g/mol. The van der Waals surface area contributed by atoms with E-state index in [1.165, 1.54) is 43.0 Å². The molecule has 206 valence electrons. The maximum Gasteiger partial charge on any atom is 0.534 e. The molecule has 4 aromatic rings. The van der Waals surface area contributed by atoms with Gasteiger partial charge >= 0.3 is 21.6 Å². The van der Waals surface area contributed by atoms with Crippen LogP contribution in [0, 0.1) is 11.6 Å². The lowest BCUT2D eigenvalue weighted by Crippen LogP contribution is -2.28. The summed E-state index contributed by atoms with van der Waals surface area (Å²) in [6.45, 7) is 1.06. The molecule has 2 aromatic carbocycles. The normalized spacial score (nSPS) is 12.0. The minimum absolute atomic E-state index is 0.00766. The van der Waals surface area contributed by atoms with Crippen LogP contribution < -0.4 is 8.92 Å². The Hall–Kier alpha value is -4.20. The maximum absolute atomic E-state index is 14.6. The lowest BCUT2D eigenvalue weighted by Gasteiger charge is -2.13. The Morgan fingerprint density at radius 2 is 1.82 bits per heavy atom. The molecule has 0 spiro atoms. The van der Waals surface area contributed by atoms with Crippen LogP contribution in [0.3, 0.4) is 0 Å². The van der Waals surface area contributed by atoms with Crippen molar-refractivity contribution in [3.05, 3.63) is 77.6 Å². The van der Waals surface area contributed by atoms with E-state index in [1.54, 1.807) is 0 Å². The van der Waals surface area contributed by atoms with Crippen LogP contribution in [-0.2, 0) is 21.4 Å². The van der Waals surface area contributed by atoms with Crippen molar-refractivity contribution in [3.8, 4) is 22.8 Å². The minimum atomic E-state index is -6.02. The second-order valence-electron chi connectivity index (χ2n) is 7.99. The first-order valence-corrected chi connectivity index (χ1v) is 12.6. The zero-order valence-corrected chi connectivity index (χ0v) is 21.1. The van der Waals surface area contributed by atoms with E-state index in [-0.39, 0.29) is 45.8 Å². The number of pyridine rings is 1. The molecule has 2 aromatic heterocycles. The number of hydrogen-bond donors (Lipinski definition) is 0. The molecule has 0 unspecified atom stereocenters. The molecule has 0 aliphatic rings. The van der Waals surface area contributed by atoms with Gasteiger partial charge in [-0.3, -0.25) is 0 Å². The molecule has 14 heteroatoms. The standard InChI is InChI=1S/C25H19F5N2O6S/c1-3-37-24(33)22-21(17-5-4-10-31-23(17)36-2)18-12-16(38-39(34,35)25(28,29)30)7-9-20(18)32(22)13-14-11-15(26)6-8-19(14)27/h4-12H,3,13H2,1-2H3. The molecular weight excluding hydrogens is 551 g/mol. The number of alkyl halides is 3. The Labute approximate surface area is 218 Å². The second-order valence-corrected chi connectivity index (χ2v) is 9.53. The summed E-state index contributed by atoms with van der Waals surface area (Å²) in [7, 11) is -4.73. The fourth-order valence-electron chi connectivity index (χ4n) is 3.99. The highest BCUT2D eigenvalue weighted by atomic mass is 32.2. The van der Waals surface area contributed by atoms with Gasteiger partial charge in [-0.25, -0.2) is 18.6 Å². The number of carbonyl (C=O) groups excluding carboxylic acids is 1. The van der Waals surface area contributed by atoms with Gasteiger partial charge in [0.1, 0.15) is 23.1 Å². The third-order valence-corrected chi connectivity index (χ3v) is 6.54. The van der Waals surface area contributed by atoms with Crippen LogP contribution in [0.2, 0.25) is 0 Å². The molecular formula is C25H19F5N2O6S. The van der Waals surface area contributed by atoms with Crippen molar-refractivity contribution in [2.75, 3.05) is 13.7 Å². The number of rotatable bonds is 8. The van der Waals surface area contributed by atoms with Gasteiger partial charge in [-0.15, -0.1) is 0 Å². The number of esters is 1. The Morgan fingerprint density at radius 3 is 2.49 bits per heavy atom. The predicted octanol–water partition coefficient (Wildman–Crippen LogP) is 5.44. The van der Waals surface area contributed by atoms with Gasteiger partial charge in [-0.05, 0) is 55.5 Å². The first-order chi connectivity index (χ1) is 18.4. The Balaban J connectivity index is 2.07. The monoisotopic (exact) mass is 570 g/mol. The molecule has 0 bridgehead atoms. The van der Waals surface area contributed by atoms with Crippen molar-refractivity contribution >= 4 is 27.0 Å². The van der Waals surface area contributed by atoms with Crippen LogP contribution in [0.15, 0.2) is 54.7 Å². The van der Waals surface area contributed by atoms with Gasteiger partial charge in [0.2, 0.25) is 5.88 Å². The van der Waals surface area contributed by atoms with Crippen LogP contribution in [0.4, 0.5) is 22.0 Å². The largest absolute Gasteiger partial charge is 0.534 e. The van der Waals surface area contributed by atoms with Gasteiger partial charge in [0, 0.05) is 33.8 Å². The van der Waals surface area contributed by atoms with Crippen LogP contribution in [-0.4, -0.2) is 43.2 Å². The molecule has 0 amide bonds. The molecule has 2 heterocycles. The summed E-state index contributed by atoms with van der Waals surface area (Å²) in [6, 6.07) is 8.82. The summed E-state index contributed by atoms with van der Waals surface area (Å²) in [5, 5.41) is 0.0241. The van der Waals surface area contributed by atoms with E-state index in [1.807, 2.05) is 0 Å². The molecule has 0 atom stereocenters. The number of nitrogens with zero attached hydrogens (tertiary/aromatic N) is 2. The number of aromatic nitrogens is 2. The van der Waals surface area contributed by atoms with Gasteiger partial charge in [0.05, 0.1) is 20.3 Å². The Bertz CT molecular complexity index is 1670. The van der Waals surface area contributed by atoms with Crippen molar-refractivity contribution in [1.29, 1.82) is 0 Å². The van der Waals surface area contributed by atoms with Gasteiger partial charge in [0.15, 0.2) is 0 Å². The molecule has 0 N–H and O–H groups in total. The Morgan fingerprint density at radius 1 is 1.08 bits per heavy atom. The van der Waals surface area contributed by atoms with E-state index in [4.69, 9.17) is 9.47 Å². The molecule has 0 saturated heterocycles. The first-order valence-electron chi connectivity index (χ1n) is 11.1. The van der Waals surface area contributed by atoms with E-state index in [0.717, 1.165) is 30.3 Å². The smallest absolute Gasteiger partial charge is 0.481 e. The highest BCUT2D eigenvalue weighted by molar-refractivity contribution is 7.88. The predicted molar refractivity (Wildman–Crippen MR) is 129 cm³/mol. The van der Waals surface area contributed by atoms with Crippen molar-refractivity contribution in [3.63, 3.8) is 0 Å². The summed E-state index contributed by atoms with van der Waals surface area (Å²) in [5.74, 6) is -3.15. The van der Waals surface area contributed by atoms with E-state index >= 15 is 0 Å². The van der Waals surface area contributed by atoms with E-state index < -0.39 is 45.5 Å². The number of ether oxygens (including phenoxy) is 2. The highest BCUT2D eigenvalue weighted by Crippen LogP contribution is 2.41. The van der Waals surface area contributed by atoms with E-state index in [9.17, 15) is 35.2 Å². The zero-order valence-electron chi connectivity index (χ0n) is 20.3. The average Bonchev–Trinajstić information content (AvgIpc) is 3.18. The van der Waals surface area contributed by atoms with Crippen molar-refractivity contribution < 1.29 is 48.8 Å². The third-order valence-electron chi connectivity index (χ3n) is 5.56. The molecule has 8 nitrogen and oxygen atoms in total. The molecule has 0 aliphatic heterocycles. The number of methoxy groups -OCH3 is 1. The molecule has 0 aliphatic carbocycles. The molecule has 0 radical (unpaired) electrons. The second kappa shape index (κ2) is 10.5. The summed E-state index contributed by atoms with van der Waals surface area (Å²) in [6.07, 6.45) is 1.39. The van der Waals surface area contributed by atoms with Gasteiger partial charge < -0.3 is 18.2 Å².